The molecular weight excluding hydrogens is 148 g/mol. The lowest BCUT2D eigenvalue weighted by Crippen LogP contribution is -2.10. The lowest BCUT2D eigenvalue weighted by molar-refractivity contribution is 0.694. The molecule has 2 heteroatoms. The molecule has 1 aliphatic rings. The monoisotopic (exact) mass is 164 g/mol. The van der Waals surface area contributed by atoms with Crippen LogP contribution in [0, 0.1) is 11.3 Å². The molecule has 0 unspecified atom stereocenters. The summed E-state index contributed by atoms with van der Waals surface area (Å²) in [5, 5.41) is 0. The van der Waals surface area contributed by atoms with E-state index in [1.165, 1.54) is 0 Å². The molecule has 2 nitrogen and oxygen atoms in total. The third-order valence-electron chi connectivity index (χ3n) is 1.76. The Hall–Kier alpha value is -0.920. The topological polar surface area (TPSA) is 24.7 Å². The predicted octanol–water partition coefficient (Wildman–Crippen LogP) is 2.67. The summed E-state index contributed by atoms with van der Waals surface area (Å²) in [6.07, 6.45) is 5.86. The van der Waals surface area contributed by atoms with Crippen LogP contribution in [-0.2, 0) is 0 Å². The molecule has 0 aromatic carbocycles. The molecule has 0 atom stereocenters. The van der Waals surface area contributed by atoms with E-state index in [1.807, 2.05) is 12.4 Å². The Morgan fingerprint density at radius 1 is 1.33 bits per heavy atom. The van der Waals surface area contributed by atoms with Crippen LogP contribution in [0.4, 0.5) is 0 Å². The van der Waals surface area contributed by atoms with Gasteiger partial charge >= 0.3 is 0 Å². The first kappa shape index (κ1) is 9.17. The number of amidine groups is 1. The van der Waals surface area contributed by atoms with Gasteiger partial charge in [0.2, 0.25) is 0 Å². The molecule has 0 bridgehead atoms. The predicted molar refractivity (Wildman–Crippen MR) is 53.7 cm³/mol. The van der Waals surface area contributed by atoms with E-state index in [0.29, 0.717) is 5.92 Å². The third-order valence-corrected chi connectivity index (χ3v) is 1.76. The van der Waals surface area contributed by atoms with E-state index in [9.17, 15) is 0 Å². The molecular formula is C10H16N2. The molecule has 66 valence electrons. The van der Waals surface area contributed by atoms with Crippen molar-refractivity contribution in [3.05, 3.63) is 12.3 Å². The standard InChI is InChI=1S/C10H16N2/c1-8(2)9-11-6-5-10(3,4)7-12-9/h5-8H,1-4H3. The van der Waals surface area contributed by atoms with Gasteiger partial charge in [-0.15, -0.1) is 0 Å². The molecule has 12 heavy (non-hydrogen) atoms. The number of hydrogen-bond acceptors (Lipinski definition) is 2. The van der Waals surface area contributed by atoms with Gasteiger partial charge in [0.1, 0.15) is 5.84 Å². The molecule has 1 aliphatic heterocycles. The number of allylic oxidation sites excluding steroid dienone is 1. The molecule has 0 aliphatic carbocycles. The van der Waals surface area contributed by atoms with Crippen molar-refractivity contribution in [1.29, 1.82) is 0 Å². The number of nitrogens with zero attached hydrogens (tertiary/aromatic N) is 2. The van der Waals surface area contributed by atoms with E-state index >= 15 is 0 Å². The number of rotatable bonds is 1. The van der Waals surface area contributed by atoms with Crippen LogP contribution >= 0.6 is 0 Å². The van der Waals surface area contributed by atoms with Gasteiger partial charge in [0.25, 0.3) is 0 Å². The largest absolute Gasteiger partial charge is 0.245 e. The number of aliphatic imine (C=N–C) groups is 2. The quantitative estimate of drug-likeness (QED) is 0.569. The van der Waals surface area contributed by atoms with Gasteiger partial charge in [-0.05, 0) is 0 Å². The van der Waals surface area contributed by atoms with Gasteiger partial charge in [-0.3, -0.25) is 0 Å². The Labute approximate surface area is 74.1 Å². The molecule has 1 rings (SSSR count). The maximum absolute atomic E-state index is 4.34. The average molecular weight is 164 g/mol. The van der Waals surface area contributed by atoms with Crippen LogP contribution in [0.15, 0.2) is 22.3 Å². The second-order valence-corrected chi connectivity index (χ2v) is 4.04. The average Bonchev–Trinajstić information content (AvgIpc) is 2.10. The van der Waals surface area contributed by atoms with Crippen LogP contribution in [0.2, 0.25) is 0 Å². The van der Waals surface area contributed by atoms with Crippen molar-refractivity contribution < 1.29 is 0 Å². The van der Waals surface area contributed by atoms with Crippen molar-refractivity contribution in [1.82, 2.24) is 0 Å². The van der Waals surface area contributed by atoms with Gasteiger partial charge in [-0.2, -0.15) is 0 Å². The highest BCUT2D eigenvalue weighted by molar-refractivity contribution is 5.93. The fraction of sp³-hybridized carbons (Fsp3) is 0.600. The first-order chi connectivity index (χ1) is 5.51. The Bertz CT molecular complexity index is 245. The molecule has 0 N–H and O–H groups in total. The van der Waals surface area contributed by atoms with E-state index in [0.717, 1.165) is 5.84 Å². The van der Waals surface area contributed by atoms with Gasteiger partial charge in [0.05, 0.1) is 0 Å². The molecule has 0 radical (unpaired) electrons. The summed E-state index contributed by atoms with van der Waals surface area (Å²) in [6, 6.07) is 0. The summed E-state index contributed by atoms with van der Waals surface area (Å²) in [5.41, 5.74) is 0.0418. The zero-order valence-electron chi connectivity index (χ0n) is 8.20. The Balaban J connectivity index is 2.86. The third kappa shape index (κ3) is 2.29. The SMILES string of the molecule is CC(C)C1=NC=CC(C)(C)C=N1. The molecule has 0 fully saturated rings. The Morgan fingerprint density at radius 2 is 2.00 bits per heavy atom. The molecule has 1 heterocycles. The van der Waals surface area contributed by atoms with E-state index in [1.54, 1.807) is 0 Å². The summed E-state index contributed by atoms with van der Waals surface area (Å²) in [4.78, 5) is 8.59. The first-order valence-corrected chi connectivity index (χ1v) is 4.32. The van der Waals surface area contributed by atoms with Crippen molar-refractivity contribution in [3.63, 3.8) is 0 Å². The first-order valence-electron chi connectivity index (χ1n) is 4.32. The Morgan fingerprint density at radius 3 is 2.58 bits per heavy atom. The number of hydrogen-bond donors (Lipinski definition) is 0. The van der Waals surface area contributed by atoms with Gasteiger partial charge < -0.3 is 0 Å². The fourth-order valence-corrected chi connectivity index (χ4v) is 0.913. The van der Waals surface area contributed by atoms with Crippen LogP contribution in [-0.4, -0.2) is 12.1 Å². The van der Waals surface area contributed by atoms with Crippen LogP contribution in [0.5, 0.6) is 0 Å². The lowest BCUT2D eigenvalue weighted by Gasteiger charge is -2.10. The minimum atomic E-state index is 0.0418. The van der Waals surface area contributed by atoms with E-state index in [-0.39, 0.29) is 5.41 Å². The van der Waals surface area contributed by atoms with Crippen molar-refractivity contribution in [2.75, 3.05) is 0 Å². The van der Waals surface area contributed by atoms with Gasteiger partial charge in [0, 0.05) is 23.7 Å². The maximum atomic E-state index is 4.34. The van der Waals surface area contributed by atoms with Gasteiger partial charge in [-0.25, -0.2) is 9.98 Å². The fourth-order valence-electron chi connectivity index (χ4n) is 0.913. The van der Waals surface area contributed by atoms with Crippen molar-refractivity contribution >= 4 is 12.1 Å². The summed E-state index contributed by atoms with van der Waals surface area (Å²) in [7, 11) is 0. The summed E-state index contributed by atoms with van der Waals surface area (Å²) in [5.74, 6) is 1.32. The summed E-state index contributed by atoms with van der Waals surface area (Å²) >= 11 is 0. The zero-order chi connectivity index (χ0) is 9.19. The second-order valence-electron chi connectivity index (χ2n) is 4.04. The van der Waals surface area contributed by atoms with Gasteiger partial charge in [-0.1, -0.05) is 33.8 Å². The van der Waals surface area contributed by atoms with Crippen molar-refractivity contribution in [2.24, 2.45) is 21.3 Å². The van der Waals surface area contributed by atoms with E-state index in [2.05, 4.69) is 43.8 Å². The summed E-state index contributed by atoms with van der Waals surface area (Å²) in [6.45, 7) is 8.43. The Kier molecular flexibility index (Phi) is 2.46. The van der Waals surface area contributed by atoms with Crippen LogP contribution in [0.3, 0.4) is 0 Å². The highest BCUT2D eigenvalue weighted by Gasteiger charge is 2.13. The second kappa shape index (κ2) is 3.21. The minimum absolute atomic E-state index is 0.0418. The molecule has 0 saturated carbocycles. The highest BCUT2D eigenvalue weighted by Crippen LogP contribution is 2.16. The normalized spacial score (nSPS) is 20.9. The molecule has 0 aromatic heterocycles. The lowest BCUT2D eigenvalue weighted by atomic mass is 9.96. The highest BCUT2D eigenvalue weighted by atomic mass is 14.9. The zero-order valence-corrected chi connectivity index (χ0v) is 8.20. The molecule has 0 spiro atoms. The van der Waals surface area contributed by atoms with Gasteiger partial charge in [0.15, 0.2) is 0 Å². The molecule has 0 aromatic rings. The van der Waals surface area contributed by atoms with Crippen LogP contribution < -0.4 is 0 Å². The molecule has 0 saturated heterocycles. The smallest absolute Gasteiger partial charge is 0.130 e. The van der Waals surface area contributed by atoms with Crippen LogP contribution in [0.25, 0.3) is 0 Å². The molecule has 0 amide bonds. The maximum Gasteiger partial charge on any atom is 0.130 e. The van der Waals surface area contributed by atoms with E-state index < -0.39 is 0 Å². The van der Waals surface area contributed by atoms with Crippen molar-refractivity contribution in [3.8, 4) is 0 Å². The van der Waals surface area contributed by atoms with Crippen LogP contribution in [0.1, 0.15) is 27.7 Å². The van der Waals surface area contributed by atoms with Crippen molar-refractivity contribution in [2.45, 2.75) is 27.7 Å². The van der Waals surface area contributed by atoms with E-state index in [4.69, 9.17) is 0 Å². The minimum Gasteiger partial charge on any atom is -0.245 e. The summed E-state index contributed by atoms with van der Waals surface area (Å²) < 4.78 is 0.